The molecule has 0 bridgehead atoms. The number of ether oxygens (including phenoxy) is 1. The molecule has 0 radical (unpaired) electrons. The molecule has 10 nitrogen and oxygen atoms in total. The van der Waals surface area contributed by atoms with Crippen molar-refractivity contribution < 1.29 is 19.1 Å². The van der Waals surface area contributed by atoms with Crippen LogP contribution in [0.3, 0.4) is 0 Å². The molecule has 1 saturated heterocycles. The van der Waals surface area contributed by atoms with E-state index < -0.39 is 23.4 Å². The number of pyridine rings is 1. The lowest BCUT2D eigenvalue weighted by Crippen LogP contribution is -2.51. The van der Waals surface area contributed by atoms with E-state index in [9.17, 15) is 19.6 Å². The molecule has 6 rings (SSSR count). The molecule has 3 aliphatic rings. The van der Waals surface area contributed by atoms with Crippen LogP contribution in [0.1, 0.15) is 41.7 Å². The van der Waals surface area contributed by atoms with Crippen LogP contribution in [-0.2, 0) is 15.0 Å². The number of carbonyl (C=O) groups excluding carboxylic acids is 3. The minimum Gasteiger partial charge on any atom is -0.496 e. The number of hydrogen-bond acceptors (Lipinski definition) is 6. The van der Waals surface area contributed by atoms with Gasteiger partial charge in [0.25, 0.3) is 5.91 Å². The summed E-state index contributed by atoms with van der Waals surface area (Å²) < 4.78 is 5.39. The lowest BCUT2D eigenvalue weighted by molar-refractivity contribution is -0.133. The summed E-state index contributed by atoms with van der Waals surface area (Å²) in [5.41, 5.74) is 0.741. The van der Waals surface area contributed by atoms with E-state index >= 15 is 0 Å². The number of methoxy groups -OCH3 is 1. The predicted octanol–water partition coefficient (Wildman–Crippen LogP) is 2.48. The Hall–Kier alpha value is -4.39. The maximum absolute atomic E-state index is 13.9. The van der Waals surface area contributed by atoms with Gasteiger partial charge in [-0.1, -0.05) is 25.0 Å². The number of benzene rings is 1. The third-order valence-electron chi connectivity index (χ3n) is 7.74. The van der Waals surface area contributed by atoms with Crippen molar-refractivity contribution >= 4 is 34.4 Å². The highest BCUT2D eigenvalue weighted by Gasteiger charge is 2.57. The molecule has 3 atom stereocenters. The number of anilines is 1. The van der Waals surface area contributed by atoms with Crippen LogP contribution in [0.5, 0.6) is 5.75 Å². The number of aromatic nitrogens is 2. The van der Waals surface area contributed by atoms with Crippen molar-refractivity contribution in [3.8, 4) is 11.8 Å². The number of nitrogens with zero attached hydrogens (tertiary/aromatic N) is 3. The fourth-order valence-electron chi connectivity index (χ4n) is 5.63. The zero-order valence-electron chi connectivity index (χ0n) is 20.3. The minimum atomic E-state index is -1.03. The Morgan fingerprint density at radius 2 is 2.16 bits per heavy atom. The standard InChI is InChI=1S/C27H26N6O4/c1-37-22-6-2-5-19-17(22)11-20(30-19)24(34)31-21(10-15-7-8-15)25(35)33-14-27(12-16(33)13-28)18-4-3-9-29-23(18)32-26(27)36/h2-6,9,11,15-16,21,30H,7-8,10,12,14H2,1H3,(H,31,34)(H,29,32,36)/t16?,21-,27?/m0/s1. The molecule has 4 heterocycles. The van der Waals surface area contributed by atoms with Gasteiger partial charge in [-0.3, -0.25) is 14.4 Å². The van der Waals surface area contributed by atoms with Gasteiger partial charge in [-0.25, -0.2) is 4.98 Å². The number of H-pyrrole nitrogens is 1. The number of hydrogen-bond donors (Lipinski definition) is 3. The number of carbonyl (C=O) groups is 3. The number of likely N-dealkylation sites (tertiary alicyclic amines) is 1. The van der Waals surface area contributed by atoms with E-state index in [1.807, 2.05) is 24.3 Å². The van der Waals surface area contributed by atoms with Crippen molar-refractivity contribution in [2.75, 3.05) is 19.0 Å². The summed E-state index contributed by atoms with van der Waals surface area (Å²) in [5, 5.41) is 16.4. The highest BCUT2D eigenvalue weighted by Crippen LogP contribution is 2.46. The zero-order chi connectivity index (χ0) is 25.7. The number of nitriles is 1. The SMILES string of the molecule is COc1cccc2[nH]c(C(=O)N[C@@H](CC3CC3)C(=O)N3CC4(CC3C#N)C(=O)Nc3ncccc34)cc12. The van der Waals surface area contributed by atoms with Crippen LogP contribution in [0.15, 0.2) is 42.6 Å². The van der Waals surface area contributed by atoms with Crippen LogP contribution in [0, 0.1) is 17.2 Å². The molecule has 1 spiro atoms. The van der Waals surface area contributed by atoms with Crippen LogP contribution in [0.2, 0.25) is 0 Å². The molecule has 2 aliphatic heterocycles. The lowest BCUT2D eigenvalue weighted by atomic mass is 9.80. The Balaban J connectivity index is 1.27. The third kappa shape index (κ3) is 3.78. The Morgan fingerprint density at radius 1 is 1.32 bits per heavy atom. The third-order valence-corrected chi connectivity index (χ3v) is 7.74. The Kier molecular flexibility index (Phi) is 5.37. The summed E-state index contributed by atoms with van der Waals surface area (Å²) in [5.74, 6) is 0.438. The number of amides is 3. The van der Waals surface area contributed by atoms with Gasteiger partial charge < -0.3 is 25.3 Å². The second-order valence-corrected chi connectivity index (χ2v) is 10.1. The second-order valence-electron chi connectivity index (χ2n) is 10.1. The molecule has 3 N–H and O–H groups in total. The number of fused-ring (bicyclic) bond motifs is 3. The molecule has 188 valence electrons. The lowest BCUT2D eigenvalue weighted by Gasteiger charge is -2.27. The summed E-state index contributed by atoms with van der Waals surface area (Å²) in [6.45, 7) is 0.0647. The predicted molar refractivity (Wildman–Crippen MR) is 134 cm³/mol. The number of nitrogens with one attached hydrogen (secondary N) is 3. The van der Waals surface area contributed by atoms with Gasteiger partial charge in [0.05, 0.1) is 18.6 Å². The Bertz CT molecular complexity index is 1470. The van der Waals surface area contributed by atoms with Gasteiger partial charge in [-0.2, -0.15) is 5.26 Å². The summed E-state index contributed by atoms with van der Waals surface area (Å²) in [6, 6.07) is 11.4. The van der Waals surface area contributed by atoms with Gasteiger partial charge in [-0.15, -0.1) is 0 Å². The van der Waals surface area contributed by atoms with E-state index in [4.69, 9.17) is 4.74 Å². The molecular formula is C27H26N6O4. The summed E-state index contributed by atoms with van der Waals surface area (Å²) in [6.07, 6.45) is 4.26. The quantitative estimate of drug-likeness (QED) is 0.477. The van der Waals surface area contributed by atoms with Gasteiger partial charge in [-0.05, 0) is 36.6 Å². The highest BCUT2D eigenvalue weighted by molar-refractivity contribution is 6.07. The topological polar surface area (TPSA) is 140 Å². The molecular weight excluding hydrogens is 472 g/mol. The average molecular weight is 499 g/mol. The second kappa shape index (κ2) is 8.62. The summed E-state index contributed by atoms with van der Waals surface area (Å²) in [4.78, 5) is 49.0. The molecule has 2 aromatic heterocycles. The first-order valence-electron chi connectivity index (χ1n) is 12.4. The molecule has 3 aromatic rings. The molecule has 37 heavy (non-hydrogen) atoms. The number of rotatable bonds is 6. The number of aromatic amines is 1. The molecule has 1 aromatic carbocycles. The van der Waals surface area contributed by atoms with Crippen LogP contribution in [-0.4, -0.2) is 58.3 Å². The maximum Gasteiger partial charge on any atom is 0.268 e. The minimum absolute atomic E-state index is 0.0647. The molecule has 1 saturated carbocycles. The van der Waals surface area contributed by atoms with E-state index in [1.54, 1.807) is 25.4 Å². The van der Waals surface area contributed by atoms with Gasteiger partial charge in [0.1, 0.15) is 29.3 Å². The normalized spacial score (nSPS) is 23.0. The molecule has 1 aliphatic carbocycles. The van der Waals surface area contributed by atoms with Crippen molar-refractivity contribution in [3.05, 3.63) is 53.9 Å². The van der Waals surface area contributed by atoms with Gasteiger partial charge in [0.15, 0.2) is 0 Å². The van der Waals surface area contributed by atoms with Crippen molar-refractivity contribution in [1.29, 1.82) is 5.26 Å². The Labute approximate surface area is 213 Å². The highest BCUT2D eigenvalue weighted by atomic mass is 16.5. The van der Waals surface area contributed by atoms with Crippen LogP contribution in [0.4, 0.5) is 5.82 Å². The van der Waals surface area contributed by atoms with E-state index in [-0.39, 0.29) is 24.8 Å². The molecule has 3 amide bonds. The first kappa shape index (κ1) is 23.0. The van der Waals surface area contributed by atoms with Crippen LogP contribution >= 0.6 is 0 Å². The maximum atomic E-state index is 13.9. The van der Waals surface area contributed by atoms with Crippen LogP contribution < -0.4 is 15.4 Å². The fraction of sp³-hybridized carbons (Fsp3) is 0.370. The van der Waals surface area contributed by atoms with Gasteiger partial charge in [0.2, 0.25) is 11.8 Å². The molecule has 2 unspecified atom stereocenters. The van der Waals surface area contributed by atoms with Crippen molar-refractivity contribution in [3.63, 3.8) is 0 Å². The molecule has 2 fully saturated rings. The zero-order valence-corrected chi connectivity index (χ0v) is 20.3. The summed E-state index contributed by atoms with van der Waals surface area (Å²) >= 11 is 0. The Morgan fingerprint density at radius 3 is 2.92 bits per heavy atom. The average Bonchev–Trinajstić information content (AvgIpc) is 3.37. The van der Waals surface area contributed by atoms with Crippen molar-refractivity contribution in [2.24, 2.45) is 5.92 Å². The van der Waals surface area contributed by atoms with E-state index in [2.05, 4.69) is 26.7 Å². The first-order valence-corrected chi connectivity index (χ1v) is 12.4. The monoisotopic (exact) mass is 498 g/mol. The van der Waals surface area contributed by atoms with Crippen LogP contribution in [0.25, 0.3) is 10.9 Å². The molecule has 10 heteroatoms. The van der Waals surface area contributed by atoms with E-state index in [0.717, 1.165) is 23.7 Å². The summed E-state index contributed by atoms with van der Waals surface area (Å²) in [7, 11) is 1.57. The smallest absolute Gasteiger partial charge is 0.268 e. The van der Waals surface area contributed by atoms with Crippen molar-refractivity contribution in [1.82, 2.24) is 20.2 Å². The largest absolute Gasteiger partial charge is 0.496 e. The fourth-order valence-corrected chi connectivity index (χ4v) is 5.63. The van der Waals surface area contributed by atoms with Crippen molar-refractivity contribution in [2.45, 2.75) is 43.2 Å². The first-order chi connectivity index (χ1) is 17.9. The van der Waals surface area contributed by atoms with Gasteiger partial charge >= 0.3 is 0 Å². The van der Waals surface area contributed by atoms with E-state index in [1.165, 1.54) is 4.90 Å². The van der Waals surface area contributed by atoms with Gasteiger partial charge in [0, 0.05) is 35.6 Å². The van der Waals surface area contributed by atoms with E-state index in [0.29, 0.717) is 35.2 Å².